The van der Waals surface area contributed by atoms with E-state index in [1.165, 1.54) is 11.1 Å². The van der Waals surface area contributed by atoms with Crippen LogP contribution >= 0.6 is 0 Å². The Bertz CT molecular complexity index is 397. The highest BCUT2D eigenvalue weighted by Gasteiger charge is 2.46. The summed E-state index contributed by atoms with van der Waals surface area (Å²) in [6.45, 7) is 0. The van der Waals surface area contributed by atoms with Gasteiger partial charge in [0.25, 0.3) is 0 Å². The smallest absolute Gasteiger partial charge is 0.307 e. The van der Waals surface area contributed by atoms with Crippen molar-refractivity contribution in [2.45, 2.75) is 24.7 Å². The molecule has 0 heterocycles. The lowest BCUT2D eigenvalue weighted by Crippen LogP contribution is -2.19. The number of carboxylic acids is 1. The fraction of sp³-hybridized carbons (Fsp3) is 0.417. The molecule has 0 radical (unpaired) electrons. The van der Waals surface area contributed by atoms with Gasteiger partial charge in [0.05, 0.1) is 5.92 Å². The Balaban J connectivity index is 2.06. The number of carboxylic acid groups (broad SMARTS) is 1. The molecule has 2 heteroatoms. The summed E-state index contributed by atoms with van der Waals surface area (Å²) in [6.07, 6.45) is 1.90. The first kappa shape index (κ1) is 8.04. The van der Waals surface area contributed by atoms with Crippen LogP contribution in [0, 0.1) is 5.92 Å². The predicted octanol–water partition coefficient (Wildman–Crippen LogP) is 2.36. The molecule has 1 aromatic rings. The summed E-state index contributed by atoms with van der Waals surface area (Å²) in [5.74, 6) is 0.0490. The van der Waals surface area contributed by atoms with Gasteiger partial charge in [0.2, 0.25) is 0 Å². The van der Waals surface area contributed by atoms with Gasteiger partial charge in [0.1, 0.15) is 0 Å². The van der Waals surface area contributed by atoms with Crippen molar-refractivity contribution in [2.75, 3.05) is 0 Å². The SMILES string of the molecule is O=C(O)[C@@H]1C[C@@H]2C[C@H]1c1ccccc12. The highest BCUT2D eigenvalue weighted by molar-refractivity contribution is 5.73. The average Bonchev–Trinajstić information content (AvgIpc) is 2.75. The molecule has 0 aliphatic heterocycles. The van der Waals surface area contributed by atoms with Gasteiger partial charge in [0.15, 0.2) is 0 Å². The Morgan fingerprint density at radius 2 is 1.93 bits per heavy atom. The fourth-order valence-electron chi connectivity index (χ4n) is 3.13. The molecule has 3 atom stereocenters. The van der Waals surface area contributed by atoms with Crippen LogP contribution in [0.3, 0.4) is 0 Å². The molecule has 1 saturated carbocycles. The molecule has 0 amide bonds. The lowest BCUT2D eigenvalue weighted by atomic mass is 9.84. The van der Waals surface area contributed by atoms with Crippen LogP contribution in [0.2, 0.25) is 0 Å². The van der Waals surface area contributed by atoms with Crippen molar-refractivity contribution in [2.24, 2.45) is 5.92 Å². The second kappa shape index (κ2) is 2.59. The van der Waals surface area contributed by atoms with Gasteiger partial charge in [-0.15, -0.1) is 0 Å². The molecule has 0 spiro atoms. The van der Waals surface area contributed by atoms with E-state index in [1.807, 2.05) is 6.07 Å². The highest BCUT2D eigenvalue weighted by atomic mass is 16.4. The van der Waals surface area contributed by atoms with Gasteiger partial charge in [0, 0.05) is 0 Å². The molecule has 72 valence electrons. The number of aliphatic carboxylic acids is 1. The van der Waals surface area contributed by atoms with Crippen LogP contribution in [-0.2, 0) is 4.79 Å². The molecule has 2 aliphatic carbocycles. The second-order valence-electron chi connectivity index (χ2n) is 4.35. The molecule has 2 nitrogen and oxygen atoms in total. The van der Waals surface area contributed by atoms with E-state index in [-0.39, 0.29) is 11.8 Å². The largest absolute Gasteiger partial charge is 0.481 e. The zero-order valence-electron chi connectivity index (χ0n) is 7.81. The summed E-state index contributed by atoms with van der Waals surface area (Å²) < 4.78 is 0. The first-order valence-electron chi connectivity index (χ1n) is 5.09. The molecule has 1 fully saturated rings. The lowest BCUT2D eigenvalue weighted by Gasteiger charge is -2.20. The van der Waals surface area contributed by atoms with Gasteiger partial charge in [-0.05, 0) is 35.8 Å². The highest BCUT2D eigenvalue weighted by Crippen LogP contribution is 2.55. The molecule has 0 saturated heterocycles. The topological polar surface area (TPSA) is 37.3 Å². The first-order chi connectivity index (χ1) is 6.77. The minimum atomic E-state index is -0.619. The van der Waals surface area contributed by atoms with Crippen molar-refractivity contribution >= 4 is 5.97 Å². The summed E-state index contributed by atoms with van der Waals surface area (Å²) in [5, 5.41) is 9.06. The third-order valence-electron chi connectivity index (χ3n) is 3.72. The monoisotopic (exact) mass is 188 g/mol. The van der Waals surface area contributed by atoms with Crippen LogP contribution in [0.15, 0.2) is 24.3 Å². The molecule has 0 aromatic heterocycles. The van der Waals surface area contributed by atoms with Crippen LogP contribution in [0.25, 0.3) is 0 Å². The van der Waals surface area contributed by atoms with Gasteiger partial charge < -0.3 is 5.11 Å². The van der Waals surface area contributed by atoms with Crippen molar-refractivity contribution in [3.63, 3.8) is 0 Å². The molecule has 14 heavy (non-hydrogen) atoms. The maximum absolute atomic E-state index is 11.0. The Labute approximate surface area is 82.6 Å². The van der Waals surface area contributed by atoms with E-state index in [4.69, 9.17) is 5.11 Å². The minimum absolute atomic E-state index is 0.130. The summed E-state index contributed by atoms with van der Waals surface area (Å²) in [6, 6.07) is 8.31. The van der Waals surface area contributed by atoms with Crippen molar-refractivity contribution in [1.29, 1.82) is 0 Å². The van der Waals surface area contributed by atoms with Crippen molar-refractivity contribution in [3.05, 3.63) is 35.4 Å². The summed E-state index contributed by atoms with van der Waals surface area (Å²) in [7, 11) is 0. The molecule has 1 aromatic carbocycles. The van der Waals surface area contributed by atoms with Gasteiger partial charge in [-0.1, -0.05) is 24.3 Å². The van der Waals surface area contributed by atoms with E-state index < -0.39 is 5.97 Å². The molecule has 1 N–H and O–H groups in total. The normalized spacial score (nSPS) is 33.0. The van der Waals surface area contributed by atoms with E-state index >= 15 is 0 Å². The average molecular weight is 188 g/mol. The molecule has 0 unspecified atom stereocenters. The standard InChI is InChI=1S/C12H12O2/c13-12(14)11-6-7-5-10(11)9-4-2-1-3-8(7)9/h1-4,7,10-11H,5-6H2,(H,13,14)/t7-,10-,11+/m0/s1. The first-order valence-corrected chi connectivity index (χ1v) is 5.09. The van der Waals surface area contributed by atoms with Gasteiger partial charge in [-0.2, -0.15) is 0 Å². The summed E-state index contributed by atoms with van der Waals surface area (Å²) in [5.41, 5.74) is 2.69. The Morgan fingerprint density at radius 3 is 2.64 bits per heavy atom. The van der Waals surface area contributed by atoms with Crippen LogP contribution in [-0.4, -0.2) is 11.1 Å². The zero-order chi connectivity index (χ0) is 9.71. The van der Waals surface area contributed by atoms with Gasteiger partial charge in [-0.3, -0.25) is 4.79 Å². The number of rotatable bonds is 1. The van der Waals surface area contributed by atoms with Crippen LogP contribution in [0.5, 0.6) is 0 Å². The lowest BCUT2D eigenvalue weighted by molar-refractivity contribution is -0.142. The van der Waals surface area contributed by atoms with E-state index in [0.717, 1.165) is 12.8 Å². The zero-order valence-corrected chi connectivity index (χ0v) is 7.81. The number of fused-ring (bicyclic) bond motifs is 5. The predicted molar refractivity (Wildman–Crippen MR) is 52.3 cm³/mol. The van der Waals surface area contributed by atoms with E-state index in [0.29, 0.717) is 5.92 Å². The third-order valence-corrected chi connectivity index (χ3v) is 3.72. The van der Waals surface area contributed by atoms with Crippen LogP contribution in [0.1, 0.15) is 35.8 Å². The third kappa shape index (κ3) is 0.884. The quantitative estimate of drug-likeness (QED) is 0.734. The Morgan fingerprint density at radius 1 is 1.21 bits per heavy atom. The molecule has 2 aliphatic rings. The van der Waals surface area contributed by atoms with E-state index in [1.54, 1.807) is 0 Å². The number of hydrogen-bond acceptors (Lipinski definition) is 1. The Kier molecular flexibility index (Phi) is 1.49. The maximum Gasteiger partial charge on any atom is 0.307 e. The van der Waals surface area contributed by atoms with Crippen molar-refractivity contribution in [1.82, 2.24) is 0 Å². The van der Waals surface area contributed by atoms with Crippen molar-refractivity contribution < 1.29 is 9.90 Å². The molecular weight excluding hydrogens is 176 g/mol. The second-order valence-corrected chi connectivity index (χ2v) is 4.35. The molecule has 3 rings (SSSR count). The summed E-state index contributed by atoms with van der Waals surface area (Å²) >= 11 is 0. The van der Waals surface area contributed by atoms with Crippen LogP contribution in [0.4, 0.5) is 0 Å². The number of carbonyl (C=O) groups is 1. The minimum Gasteiger partial charge on any atom is -0.481 e. The molecule has 2 bridgehead atoms. The Hall–Kier alpha value is -1.31. The van der Waals surface area contributed by atoms with E-state index in [2.05, 4.69) is 18.2 Å². The number of benzene rings is 1. The maximum atomic E-state index is 11.0. The molecular formula is C12H12O2. The fourth-order valence-corrected chi connectivity index (χ4v) is 3.13. The van der Waals surface area contributed by atoms with Gasteiger partial charge >= 0.3 is 5.97 Å². The van der Waals surface area contributed by atoms with Crippen molar-refractivity contribution in [3.8, 4) is 0 Å². The number of hydrogen-bond donors (Lipinski definition) is 1. The summed E-state index contributed by atoms with van der Waals surface area (Å²) in [4.78, 5) is 11.0. The van der Waals surface area contributed by atoms with Gasteiger partial charge in [-0.25, -0.2) is 0 Å². The van der Waals surface area contributed by atoms with Crippen LogP contribution < -0.4 is 0 Å². The van der Waals surface area contributed by atoms with E-state index in [9.17, 15) is 4.79 Å².